The Morgan fingerprint density at radius 1 is 1.41 bits per heavy atom. The molecule has 2 aromatic rings. The van der Waals surface area contributed by atoms with Gasteiger partial charge in [-0.2, -0.15) is 4.98 Å². The number of aromatic nitrogens is 3. The number of nitrogens with zero attached hydrogens (tertiary/aromatic N) is 3. The second-order valence-corrected chi connectivity index (χ2v) is 5.47. The fourth-order valence-electron chi connectivity index (χ4n) is 2.56. The summed E-state index contributed by atoms with van der Waals surface area (Å²) in [5, 5.41) is 29.5. The lowest BCUT2D eigenvalue weighted by molar-refractivity contribution is -0.0508. The Bertz CT molecular complexity index is 740. The summed E-state index contributed by atoms with van der Waals surface area (Å²) in [6.45, 7) is -0.412. The number of fused-ring (bicyclic) bond motifs is 1. The topological polar surface area (TPSA) is 124 Å². The van der Waals surface area contributed by atoms with E-state index in [2.05, 4.69) is 9.97 Å². The summed E-state index contributed by atoms with van der Waals surface area (Å²) in [5.74, 6) is 0.365. The van der Waals surface area contributed by atoms with Gasteiger partial charge in [-0.1, -0.05) is 0 Å². The summed E-state index contributed by atoms with van der Waals surface area (Å²) in [7, 11) is 3.48. The van der Waals surface area contributed by atoms with Crippen molar-refractivity contribution in [3.8, 4) is 0 Å². The van der Waals surface area contributed by atoms with Crippen molar-refractivity contribution in [3.63, 3.8) is 0 Å². The highest BCUT2D eigenvalue weighted by molar-refractivity contribution is 5.76. The number of rotatable bonds is 3. The highest BCUT2D eigenvalue weighted by Gasteiger charge is 2.43. The van der Waals surface area contributed by atoms with Crippen LogP contribution in [-0.2, 0) is 4.74 Å². The maximum atomic E-state index is 12.1. The van der Waals surface area contributed by atoms with E-state index in [1.54, 1.807) is 31.3 Å². The minimum Gasteiger partial charge on any atom is -0.394 e. The van der Waals surface area contributed by atoms with Gasteiger partial charge in [-0.25, -0.2) is 0 Å². The molecule has 1 aliphatic rings. The minimum absolute atomic E-state index is 0.306. The van der Waals surface area contributed by atoms with Gasteiger partial charge in [0.15, 0.2) is 11.9 Å². The van der Waals surface area contributed by atoms with Crippen LogP contribution in [0.4, 0.5) is 5.95 Å². The molecule has 9 heteroatoms. The van der Waals surface area contributed by atoms with Crippen LogP contribution < -0.4 is 10.5 Å². The van der Waals surface area contributed by atoms with Crippen LogP contribution in [0.1, 0.15) is 6.23 Å². The first kappa shape index (κ1) is 15.0. The van der Waals surface area contributed by atoms with Crippen LogP contribution in [0.2, 0.25) is 0 Å². The molecule has 0 radical (unpaired) electrons. The van der Waals surface area contributed by atoms with Crippen LogP contribution in [-0.4, -0.2) is 68.9 Å². The number of ether oxygens (including phenoxy) is 1. The summed E-state index contributed by atoms with van der Waals surface area (Å²) >= 11 is 0. The maximum Gasteiger partial charge on any atom is 0.261 e. The Balaban J connectivity index is 2.10. The summed E-state index contributed by atoms with van der Waals surface area (Å²) < 4.78 is 6.96. The molecule has 0 aliphatic carbocycles. The number of H-pyrrole nitrogens is 1. The van der Waals surface area contributed by atoms with Gasteiger partial charge in [-0.15, -0.1) is 0 Å². The molecule has 1 unspecified atom stereocenters. The van der Waals surface area contributed by atoms with Crippen molar-refractivity contribution in [2.24, 2.45) is 0 Å². The standard InChI is InChI=1S/C13H18N4O5/c1-16(2)13-14-10-6(11(21)15-13)3-4-17(10)12-9(20)8(19)7(5-18)22-12/h3-4,7-9,12,18-20H,5H2,1-2H3,(H,14,15,21)/t7-,8-,9-,12?/m1/s1. The quantitative estimate of drug-likeness (QED) is 0.538. The molecule has 0 aromatic carbocycles. The molecule has 3 heterocycles. The molecule has 0 bridgehead atoms. The van der Waals surface area contributed by atoms with Gasteiger partial charge in [0.2, 0.25) is 5.95 Å². The molecule has 1 aliphatic heterocycles. The highest BCUT2D eigenvalue weighted by Crippen LogP contribution is 2.31. The summed E-state index contributed by atoms with van der Waals surface area (Å²) in [5.41, 5.74) is 0.0292. The van der Waals surface area contributed by atoms with Crippen molar-refractivity contribution in [2.75, 3.05) is 25.6 Å². The zero-order valence-electron chi connectivity index (χ0n) is 12.2. The molecular formula is C13H18N4O5. The predicted molar refractivity (Wildman–Crippen MR) is 77.7 cm³/mol. The van der Waals surface area contributed by atoms with Gasteiger partial charge in [0.05, 0.1) is 12.0 Å². The van der Waals surface area contributed by atoms with Gasteiger partial charge >= 0.3 is 0 Å². The normalized spacial score (nSPS) is 28.4. The zero-order valence-corrected chi connectivity index (χ0v) is 12.2. The van der Waals surface area contributed by atoms with E-state index >= 15 is 0 Å². The summed E-state index contributed by atoms with van der Waals surface area (Å²) in [6.07, 6.45) is -2.67. The Kier molecular flexibility index (Phi) is 3.65. The van der Waals surface area contributed by atoms with E-state index in [4.69, 9.17) is 9.84 Å². The van der Waals surface area contributed by atoms with Crippen molar-refractivity contribution < 1.29 is 20.1 Å². The van der Waals surface area contributed by atoms with Crippen LogP contribution in [0.5, 0.6) is 0 Å². The van der Waals surface area contributed by atoms with Crippen molar-refractivity contribution >= 4 is 17.0 Å². The molecule has 4 N–H and O–H groups in total. The van der Waals surface area contributed by atoms with Crippen LogP contribution in [0.15, 0.2) is 17.1 Å². The molecule has 0 saturated carbocycles. The van der Waals surface area contributed by atoms with Gasteiger partial charge in [-0.3, -0.25) is 9.78 Å². The van der Waals surface area contributed by atoms with Crippen LogP contribution in [0, 0.1) is 0 Å². The lowest BCUT2D eigenvalue weighted by Gasteiger charge is -2.18. The SMILES string of the molecule is CN(C)c1nc2c(ccn2C2O[C@H](CO)[C@@H](O)[C@H]2O)c(=O)[nH]1. The number of hydrogen-bond acceptors (Lipinski definition) is 7. The van der Waals surface area contributed by atoms with Crippen molar-refractivity contribution in [1.82, 2.24) is 14.5 Å². The number of aromatic amines is 1. The Morgan fingerprint density at radius 2 is 2.14 bits per heavy atom. The average Bonchev–Trinajstić information content (AvgIpc) is 3.02. The van der Waals surface area contributed by atoms with Gasteiger partial charge in [-0.05, 0) is 6.07 Å². The van der Waals surface area contributed by atoms with Crippen molar-refractivity contribution in [1.29, 1.82) is 0 Å². The lowest BCUT2D eigenvalue weighted by Crippen LogP contribution is -2.33. The fraction of sp³-hybridized carbons (Fsp3) is 0.538. The average molecular weight is 310 g/mol. The Morgan fingerprint density at radius 3 is 2.73 bits per heavy atom. The first-order valence-corrected chi connectivity index (χ1v) is 6.84. The van der Waals surface area contributed by atoms with E-state index in [1.807, 2.05) is 0 Å². The third-order valence-corrected chi connectivity index (χ3v) is 3.78. The maximum absolute atomic E-state index is 12.1. The second-order valence-electron chi connectivity index (χ2n) is 5.47. The molecule has 0 amide bonds. The number of aliphatic hydroxyl groups is 3. The van der Waals surface area contributed by atoms with E-state index in [9.17, 15) is 15.0 Å². The fourth-order valence-corrected chi connectivity index (χ4v) is 2.56. The van der Waals surface area contributed by atoms with Crippen molar-refractivity contribution in [2.45, 2.75) is 24.5 Å². The third kappa shape index (κ3) is 2.18. The second kappa shape index (κ2) is 5.36. The zero-order chi connectivity index (χ0) is 16.0. The number of aliphatic hydroxyl groups excluding tert-OH is 3. The molecule has 22 heavy (non-hydrogen) atoms. The molecule has 9 nitrogen and oxygen atoms in total. The summed E-state index contributed by atoms with van der Waals surface area (Å²) in [4.78, 5) is 20.7. The van der Waals surface area contributed by atoms with E-state index in [-0.39, 0.29) is 5.56 Å². The number of nitrogens with one attached hydrogen (secondary N) is 1. The summed E-state index contributed by atoms with van der Waals surface area (Å²) in [6, 6.07) is 1.56. The highest BCUT2D eigenvalue weighted by atomic mass is 16.6. The van der Waals surface area contributed by atoms with Crippen LogP contribution in [0.3, 0.4) is 0 Å². The van der Waals surface area contributed by atoms with Crippen LogP contribution >= 0.6 is 0 Å². The minimum atomic E-state index is -1.23. The smallest absolute Gasteiger partial charge is 0.261 e. The van der Waals surface area contributed by atoms with E-state index in [0.29, 0.717) is 17.0 Å². The van der Waals surface area contributed by atoms with E-state index < -0.39 is 31.1 Å². The Labute approximate surface area is 125 Å². The Hall–Kier alpha value is -1.94. The first-order valence-electron chi connectivity index (χ1n) is 6.84. The van der Waals surface area contributed by atoms with Gasteiger partial charge in [0, 0.05) is 20.3 Å². The third-order valence-electron chi connectivity index (χ3n) is 3.78. The molecule has 120 valence electrons. The molecular weight excluding hydrogens is 292 g/mol. The molecule has 1 fully saturated rings. The number of hydrogen-bond donors (Lipinski definition) is 4. The van der Waals surface area contributed by atoms with Gasteiger partial charge in [0.1, 0.15) is 18.3 Å². The molecule has 0 spiro atoms. The largest absolute Gasteiger partial charge is 0.394 e. The van der Waals surface area contributed by atoms with E-state index in [0.717, 1.165) is 0 Å². The lowest BCUT2D eigenvalue weighted by atomic mass is 10.1. The van der Waals surface area contributed by atoms with Gasteiger partial charge in [0.25, 0.3) is 5.56 Å². The first-order chi connectivity index (χ1) is 10.4. The predicted octanol–water partition coefficient (Wildman–Crippen LogP) is -1.60. The molecule has 4 atom stereocenters. The van der Waals surface area contributed by atoms with Crippen LogP contribution in [0.25, 0.3) is 11.0 Å². The number of anilines is 1. The molecule has 1 saturated heterocycles. The van der Waals surface area contributed by atoms with E-state index in [1.165, 1.54) is 4.57 Å². The van der Waals surface area contributed by atoms with Crippen molar-refractivity contribution in [3.05, 3.63) is 22.6 Å². The molecule has 2 aromatic heterocycles. The molecule has 3 rings (SSSR count). The monoisotopic (exact) mass is 310 g/mol. The van der Waals surface area contributed by atoms with Gasteiger partial charge < -0.3 is 29.5 Å².